The molecule has 2 N–H and O–H groups in total. The van der Waals surface area contributed by atoms with E-state index in [1.165, 1.54) is 6.20 Å². The number of hydrogen-bond donors (Lipinski definition) is 2. The van der Waals surface area contributed by atoms with Crippen molar-refractivity contribution in [1.29, 1.82) is 0 Å². The number of hydrogen-bond acceptors (Lipinski definition) is 6. The summed E-state index contributed by atoms with van der Waals surface area (Å²) < 4.78 is 0. The van der Waals surface area contributed by atoms with Gasteiger partial charge in [0.15, 0.2) is 5.13 Å². The Morgan fingerprint density at radius 3 is 2.87 bits per heavy atom. The first-order valence-corrected chi connectivity index (χ1v) is 5.34. The van der Waals surface area contributed by atoms with Crippen LogP contribution in [0.3, 0.4) is 0 Å². The van der Waals surface area contributed by atoms with Gasteiger partial charge in [-0.1, -0.05) is 6.92 Å². The van der Waals surface area contributed by atoms with Gasteiger partial charge in [0.1, 0.15) is 6.20 Å². The molecular weight excluding hydrogens is 218 g/mol. The maximum atomic E-state index is 10.4. The summed E-state index contributed by atoms with van der Waals surface area (Å²) in [7, 11) is 0. The van der Waals surface area contributed by atoms with Crippen LogP contribution in [0.25, 0.3) is 0 Å². The van der Waals surface area contributed by atoms with Gasteiger partial charge < -0.3 is 10.4 Å². The number of rotatable bonds is 5. The molecular formula is C8H13N3O3S. The Balaban J connectivity index is 2.61. The van der Waals surface area contributed by atoms with Crippen LogP contribution in [0, 0.1) is 16.0 Å². The van der Waals surface area contributed by atoms with Crippen molar-refractivity contribution < 1.29 is 10.0 Å². The molecule has 6 nitrogen and oxygen atoms in total. The van der Waals surface area contributed by atoms with Crippen molar-refractivity contribution in [2.45, 2.75) is 19.9 Å². The predicted octanol–water partition coefficient (Wildman–Crippen LogP) is 1.48. The summed E-state index contributed by atoms with van der Waals surface area (Å²) in [6.45, 7) is 3.86. The van der Waals surface area contributed by atoms with Gasteiger partial charge in [-0.2, -0.15) is 0 Å². The fourth-order valence-electron chi connectivity index (χ4n) is 0.912. The van der Waals surface area contributed by atoms with Gasteiger partial charge in [-0.15, -0.1) is 0 Å². The molecule has 2 unspecified atom stereocenters. The number of anilines is 1. The van der Waals surface area contributed by atoms with Gasteiger partial charge in [-0.25, -0.2) is 4.98 Å². The minimum absolute atomic E-state index is 0.0151. The van der Waals surface area contributed by atoms with E-state index in [1.807, 2.05) is 13.8 Å². The molecule has 7 heteroatoms. The SMILES string of the molecule is CC(CO)C(C)Nc1ncc([N+](=O)[O-])s1. The lowest BCUT2D eigenvalue weighted by atomic mass is 10.1. The molecule has 0 aliphatic rings. The average Bonchev–Trinajstić information content (AvgIpc) is 2.65. The molecule has 1 rings (SSSR count). The van der Waals surface area contributed by atoms with Gasteiger partial charge in [0.25, 0.3) is 0 Å². The van der Waals surface area contributed by atoms with Crippen molar-refractivity contribution in [3.63, 3.8) is 0 Å². The number of aliphatic hydroxyl groups is 1. The molecule has 1 aromatic rings. The van der Waals surface area contributed by atoms with E-state index in [9.17, 15) is 10.1 Å². The Kier molecular flexibility index (Phi) is 3.98. The zero-order valence-corrected chi connectivity index (χ0v) is 9.32. The highest BCUT2D eigenvalue weighted by Gasteiger charge is 2.15. The third-order valence-corrected chi connectivity index (χ3v) is 3.05. The van der Waals surface area contributed by atoms with E-state index < -0.39 is 4.92 Å². The average molecular weight is 231 g/mol. The van der Waals surface area contributed by atoms with Gasteiger partial charge in [0.05, 0.1) is 4.92 Å². The molecule has 0 aromatic carbocycles. The van der Waals surface area contributed by atoms with Crippen molar-refractivity contribution in [2.75, 3.05) is 11.9 Å². The molecule has 1 heterocycles. The fourth-order valence-corrected chi connectivity index (χ4v) is 1.64. The maximum absolute atomic E-state index is 10.4. The number of aromatic nitrogens is 1. The minimum Gasteiger partial charge on any atom is -0.396 e. The molecule has 0 aliphatic carbocycles. The summed E-state index contributed by atoms with van der Waals surface area (Å²) in [4.78, 5) is 13.8. The smallest absolute Gasteiger partial charge is 0.345 e. The highest BCUT2D eigenvalue weighted by atomic mass is 32.1. The number of nitrogens with one attached hydrogen (secondary N) is 1. The third-order valence-electron chi connectivity index (χ3n) is 2.17. The quantitative estimate of drug-likeness (QED) is 0.592. The Morgan fingerprint density at radius 1 is 1.73 bits per heavy atom. The fraction of sp³-hybridized carbons (Fsp3) is 0.625. The van der Waals surface area contributed by atoms with Gasteiger partial charge in [0, 0.05) is 12.6 Å². The summed E-state index contributed by atoms with van der Waals surface area (Å²) in [5, 5.41) is 22.8. The molecule has 0 saturated heterocycles. The standard InChI is InChI=1S/C8H13N3O3S/c1-5(4-12)6(2)10-8-9-3-7(15-8)11(13)14/h3,5-6,12H,4H2,1-2H3,(H,9,10). The maximum Gasteiger partial charge on any atom is 0.345 e. The monoisotopic (exact) mass is 231 g/mol. The molecule has 0 fully saturated rings. The Labute approximate surface area is 91.1 Å². The highest BCUT2D eigenvalue weighted by molar-refractivity contribution is 7.18. The Morgan fingerprint density at radius 2 is 2.40 bits per heavy atom. The van der Waals surface area contributed by atoms with Crippen molar-refractivity contribution in [1.82, 2.24) is 4.98 Å². The van der Waals surface area contributed by atoms with Crippen LogP contribution < -0.4 is 5.32 Å². The molecule has 0 radical (unpaired) electrons. The van der Waals surface area contributed by atoms with E-state index in [-0.39, 0.29) is 23.6 Å². The van der Waals surface area contributed by atoms with Gasteiger partial charge in [-0.05, 0) is 24.2 Å². The van der Waals surface area contributed by atoms with Gasteiger partial charge in [0.2, 0.25) is 0 Å². The summed E-state index contributed by atoms with van der Waals surface area (Å²) >= 11 is 0.994. The Hall–Kier alpha value is -1.21. The van der Waals surface area contributed by atoms with E-state index in [1.54, 1.807) is 0 Å². The molecule has 0 aliphatic heterocycles. The first-order chi connectivity index (χ1) is 7.04. The topological polar surface area (TPSA) is 88.3 Å². The van der Waals surface area contributed by atoms with E-state index in [0.717, 1.165) is 11.3 Å². The lowest BCUT2D eigenvalue weighted by molar-refractivity contribution is -0.380. The van der Waals surface area contributed by atoms with E-state index >= 15 is 0 Å². The Bertz CT molecular complexity index is 342. The van der Waals surface area contributed by atoms with E-state index in [0.29, 0.717) is 5.13 Å². The molecule has 0 bridgehead atoms. The molecule has 0 saturated carbocycles. The first-order valence-electron chi connectivity index (χ1n) is 4.52. The van der Waals surface area contributed by atoms with Gasteiger partial charge >= 0.3 is 5.00 Å². The lowest BCUT2D eigenvalue weighted by Crippen LogP contribution is -2.26. The molecule has 2 atom stereocenters. The second kappa shape index (κ2) is 5.04. The van der Waals surface area contributed by atoms with Crippen molar-refractivity contribution in [3.05, 3.63) is 16.3 Å². The number of thiazole rings is 1. The van der Waals surface area contributed by atoms with Crippen LogP contribution in [0.2, 0.25) is 0 Å². The van der Waals surface area contributed by atoms with Crippen molar-refractivity contribution in [2.24, 2.45) is 5.92 Å². The lowest BCUT2D eigenvalue weighted by Gasteiger charge is -2.18. The third kappa shape index (κ3) is 3.14. The highest BCUT2D eigenvalue weighted by Crippen LogP contribution is 2.26. The van der Waals surface area contributed by atoms with Crippen LogP contribution in [0.4, 0.5) is 10.1 Å². The summed E-state index contributed by atoms with van der Waals surface area (Å²) in [5.41, 5.74) is 0. The second-order valence-corrected chi connectivity index (χ2v) is 4.36. The molecule has 0 amide bonds. The summed E-state index contributed by atoms with van der Waals surface area (Å²) in [6.07, 6.45) is 1.23. The second-order valence-electron chi connectivity index (χ2n) is 3.35. The van der Waals surface area contributed by atoms with E-state index in [4.69, 9.17) is 5.11 Å². The molecule has 0 spiro atoms. The van der Waals surface area contributed by atoms with Crippen LogP contribution in [0.5, 0.6) is 0 Å². The van der Waals surface area contributed by atoms with Crippen molar-refractivity contribution in [3.8, 4) is 0 Å². The zero-order valence-electron chi connectivity index (χ0n) is 8.51. The zero-order chi connectivity index (χ0) is 11.4. The minimum atomic E-state index is -0.469. The summed E-state index contributed by atoms with van der Waals surface area (Å²) in [5.74, 6) is 0.0768. The van der Waals surface area contributed by atoms with Gasteiger partial charge in [-0.3, -0.25) is 10.1 Å². The van der Waals surface area contributed by atoms with E-state index in [2.05, 4.69) is 10.3 Å². The first kappa shape index (κ1) is 11.9. The van der Waals surface area contributed by atoms with Crippen LogP contribution in [0.15, 0.2) is 6.20 Å². The molecule has 1 aromatic heterocycles. The van der Waals surface area contributed by atoms with Crippen LogP contribution in [-0.2, 0) is 0 Å². The predicted molar refractivity (Wildman–Crippen MR) is 58.1 cm³/mol. The van der Waals surface area contributed by atoms with Crippen molar-refractivity contribution >= 4 is 21.5 Å². The molecule has 15 heavy (non-hydrogen) atoms. The normalized spacial score (nSPS) is 14.6. The number of nitrogens with zero attached hydrogens (tertiary/aromatic N) is 2. The summed E-state index contributed by atoms with van der Waals surface area (Å²) in [6, 6.07) is 0.0285. The van der Waals surface area contributed by atoms with Crippen LogP contribution in [0.1, 0.15) is 13.8 Å². The number of nitro groups is 1. The van der Waals surface area contributed by atoms with Crippen LogP contribution >= 0.6 is 11.3 Å². The number of aliphatic hydroxyl groups excluding tert-OH is 1. The van der Waals surface area contributed by atoms with Crippen LogP contribution in [-0.4, -0.2) is 27.7 Å². The molecule has 84 valence electrons. The largest absolute Gasteiger partial charge is 0.396 e.